The number of aliphatic imine (C=N–C) groups is 1. The zero-order valence-electron chi connectivity index (χ0n) is 5.25. The highest BCUT2D eigenvalue weighted by molar-refractivity contribution is 6.63. The van der Waals surface area contributed by atoms with E-state index in [2.05, 4.69) is 21.3 Å². The molecule has 0 saturated heterocycles. The van der Waals surface area contributed by atoms with Gasteiger partial charge in [0, 0.05) is 6.21 Å². The van der Waals surface area contributed by atoms with Gasteiger partial charge in [-0.15, -0.1) is 0 Å². The molecule has 0 aromatic rings. The standard InChI is InChI=1S/C5H6ClN2O.Al/c1-4(2-7)3-8-5(6)9;/h2-3H,1,7H2;/b4-2-,8-3+;. The molecule has 1 amide bonds. The number of nitrogens with two attached hydrogens (primary N) is 1. The molecule has 2 radical (unpaired) electrons. The lowest BCUT2D eigenvalue weighted by Crippen LogP contribution is -1.91. The minimum absolute atomic E-state index is 0.657. The van der Waals surface area contributed by atoms with Crippen LogP contribution in [-0.2, 0) is 0 Å². The number of nitrogens with zero attached hydrogens (tertiary/aromatic N) is 1. The summed E-state index contributed by atoms with van der Waals surface area (Å²) in [6.07, 6.45) is 2.71. The van der Waals surface area contributed by atoms with Crippen molar-refractivity contribution in [3.63, 3.8) is 0 Å². The molecule has 0 heterocycles. The normalized spacial score (nSPS) is 12.3. The Kier molecular flexibility index (Phi) is 5.32. The second-order valence-corrected chi connectivity index (χ2v) is 2.19. The van der Waals surface area contributed by atoms with Crippen molar-refractivity contribution < 1.29 is 4.79 Å². The van der Waals surface area contributed by atoms with Gasteiger partial charge in [0.25, 0.3) is 0 Å². The number of amides is 1. The van der Waals surface area contributed by atoms with E-state index in [-0.39, 0.29) is 0 Å². The quantitative estimate of drug-likeness (QED) is 0.291. The maximum absolute atomic E-state index is 10.1. The van der Waals surface area contributed by atoms with Gasteiger partial charge >= 0.3 is 5.37 Å². The lowest BCUT2D eigenvalue weighted by atomic mass is 10.4. The Morgan fingerprint density at radius 2 is 2.40 bits per heavy atom. The molecule has 0 unspecified atom stereocenters. The fraction of sp³-hybridized carbons (Fsp3) is 0.200. The Labute approximate surface area is 72.4 Å². The van der Waals surface area contributed by atoms with Crippen LogP contribution >= 0.6 is 11.6 Å². The molecule has 10 heavy (non-hydrogen) atoms. The van der Waals surface area contributed by atoms with Crippen LogP contribution in [0.25, 0.3) is 0 Å². The zero-order chi connectivity index (χ0) is 7.98. The van der Waals surface area contributed by atoms with Gasteiger partial charge in [0.15, 0.2) is 0 Å². The molecule has 0 aliphatic heterocycles. The molecule has 0 rings (SSSR count). The number of allylic oxidation sites excluding steroid dienone is 1. The van der Waals surface area contributed by atoms with E-state index in [0.717, 1.165) is 5.57 Å². The lowest BCUT2D eigenvalue weighted by molar-refractivity contribution is 0.266. The summed E-state index contributed by atoms with van der Waals surface area (Å²) < 4.78 is 0. The third kappa shape index (κ3) is 4.57. The largest absolute Gasteiger partial charge is 0.404 e. The van der Waals surface area contributed by atoms with Gasteiger partial charge in [0.1, 0.15) is 16.3 Å². The lowest BCUT2D eigenvalue weighted by Gasteiger charge is -1.90. The van der Waals surface area contributed by atoms with Crippen LogP contribution in [0.5, 0.6) is 0 Å². The van der Waals surface area contributed by atoms with Crippen LogP contribution in [-0.4, -0.2) is 27.9 Å². The van der Waals surface area contributed by atoms with E-state index in [1.165, 1.54) is 12.4 Å². The van der Waals surface area contributed by atoms with Crippen molar-refractivity contribution >= 4 is 39.5 Å². The second-order valence-electron chi connectivity index (χ2n) is 1.46. The van der Waals surface area contributed by atoms with Crippen molar-refractivity contribution in [3.8, 4) is 0 Å². The summed E-state index contributed by atoms with van der Waals surface area (Å²) in [5, 5.41) is -0.0812. The molecule has 0 atom stereocenters. The maximum Gasteiger partial charge on any atom is 0.339 e. The third-order valence-corrected chi connectivity index (χ3v) is 1.35. The summed E-state index contributed by atoms with van der Waals surface area (Å²) in [7, 11) is 0. The van der Waals surface area contributed by atoms with Gasteiger partial charge in [0.05, 0.1) is 0 Å². The van der Waals surface area contributed by atoms with Crippen LogP contribution in [0.4, 0.5) is 4.79 Å². The molecule has 0 aliphatic rings. The molecule has 0 saturated carbocycles. The Bertz CT molecular complexity index is 178. The first-order chi connectivity index (χ1) is 4.70. The Morgan fingerprint density at radius 3 is 2.70 bits per heavy atom. The summed E-state index contributed by atoms with van der Waals surface area (Å²) >= 11 is 7.38. The molecule has 0 fully saturated rings. The summed E-state index contributed by atoms with van der Waals surface area (Å²) in [4.78, 5) is 13.4. The second kappa shape index (κ2) is 5.48. The third-order valence-electron chi connectivity index (χ3n) is 0.782. The van der Waals surface area contributed by atoms with Gasteiger partial charge in [0.2, 0.25) is 0 Å². The summed E-state index contributed by atoms with van der Waals surface area (Å²) in [6, 6.07) is 0. The van der Waals surface area contributed by atoms with E-state index in [1.807, 2.05) is 0 Å². The molecule has 5 heteroatoms. The molecule has 0 aliphatic carbocycles. The molecule has 0 aromatic heterocycles. The highest BCUT2D eigenvalue weighted by Gasteiger charge is 1.88. The Balaban J connectivity index is 3.98. The predicted molar refractivity (Wildman–Crippen MR) is 42.6 cm³/mol. The fourth-order valence-corrected chi connectivity index (χ4v) is 0.588. The van der Waals surface area contributed by atoms with Crippen molar-refractivity contribution in [1.29, 1.82) is 0 Å². The molecular formula is C5H6AlClN2O. The van der Waals surface area contributed by atoms with Gasteiger partial charge in [-0.1, -0.05) is 5.28 Å². The molecule has 2 N–H and O–H groups in total. The van der Waals surface area contributed by atoms with E-state index in [0.29, 0.717) is 5.28 Å². The van der Waals surface area contributed by atoms with Crippen molar-refractivity contribution in [2.45, 2.75) is 5.28 Å². The van der Waals surface area contributed by atoms with Crippen LogP contribution in [0.1, 0.15) is 0 Å². The number of rotatable bonds is 2. The molecular weight excluding hydrogens is 167 g/mol. The van der Waals surface area contributed by atoms with E-state index in [9.17, 15) is 4.79 Å². The number of carbonyl (C=O) groups excluding carboxylic acids is 1. The van der Waals surface area contributed by atoms with Crippen molar-refractivity contribution in [3.05, 3.63) is 11.8 Å². The topological polar surface area (TPSA) is 55.4 Å². The molecule has 3 nitrogen and oxygen atoms in total. The predicted octanol–water partition coefficient (Wildman–Crippen LogP) is 0.845. The minimum atomic E-state index is -0.738. The first-order valence-electron chi connectivity index (χ1n) is 2.55. The van der Waals surface area contributed by atoms with Gasteiger partial charge in [-0.25, -0.2) is 4.99 Å². The van der Waals surface area contributed by atoms with Crippen LogP contribution < -0.4 is 5.73 Å². The van der Waals surface area contributed by atoms with Crippen molar-refractivity contribution in [1.82, 2.24) is 0 Å². The fourth-order valence-electron chi connectivity index (χ4n) is 0.297. The van der Waals surface area contributed by atoms with Crippen molar-refractivity contribution in [2.75, 3.05) is 0 Å². The smallest absolute Gasteiger partial charge is 0.339 e. The number of hydrogen-bond donors (Lipinski definition) is 1. The van der Waals surface area contributed by atoms with Crippen LogP contribution in [0.3, 0.4) is 0 Å². The van der Waals surface area contributed by atoms with E-state index in [4.69, 9.17) is 17.3 Å². The average Bonchev–Trinajstić information content (AvgIpc) is 1.90. The Hall–Kier alpha value is -0.298. The van der Waals surface area contributed by atoms with Crippen LogP contribution in [0.2, 0.25) is 5.28 Å². The van der Waals surface area contributed by atoms with Gasteiger partial charge in [-0.3, -0.25) is 4.79 Å². The zero-order valence-corrected chi connectivity index (χ0v) is 7.16. The van der Waals surface area contributed by atoms with E-state index in [1.54, 1.807) is 0 Å². The highest BCUT2D eigenvalue weighted by Crippen LogP contribution is 1.93. The van der Waals surface area contributed by atoms with Crippen molar-refractivity contribution in [2.24, 2.45) is 10.7 Å². The first kappa shape index (κ1) is 9.70. The van der Waals surface area contributed by atoms with Crippen LogP contribution in [0.15, 0.2) is 16.8 Å². The van der Waals surface area contributed by atoms with E-state index >= 15 is 0 Å². The van der Waals surface area contributed by atoms with E-state index < -0.39 is 5.37 Å². The summed E-state index contributed by atoms with van der Waals surface area (Å²) in [6.45, 7) is 0. The summed E-state index contributed by atoms with van der Waals surface area (Å²) in [5.41, 5.74) is 5.90. The molecule has 0 bridgehead atoms. The Morgan fingerprint density at radius 1 is 1.80 bits per heavy atom. The first-order valence-corrected chi connectivity index (χ1v) is 3.74. The highest BCUT2D eigenvalue weighted by atomic mass is 35.5. The van der Waals surface area contributed by atoms with Gasteiger partial charge in [-0.05, 0) is 23.4 Å². The minimum Gasteiger partial charge on any atom is -0.404 e. The number of halogens is 1. The number of hydrogen-bond acceptors (Lipinski definition) is 2. The molecule has 52 valence electrons. The average molecular weight is 173 g/mol. The SMILES string of the molecule is N/C=C(\C=N\C(=O)Cl)[CH2][Al]. The summed E-state index contributed by atoms with van der Waals surface area (Å²) in [5.74, 6) is 0. The van der Waals surface area contributed by atoms with Crippen LogP contribution in [0, 0.1) is 0 Å². The molecule has 0 aromatic carbocycles. The number of carbonyl (C=O) groups is 1. The monoisotopic (exact) mass is 172 g/mol. The van der Waals surface area contributed by atoms with Gasteiger partial charge < -0.3 is 5.73 Å². The molecule has 0 spiro atoms. The maximum atomic E-state index is 10.1. The van der Waals surface area contributed by atoms with Gasteiger partial charge in [-0.2, -0.15) is 0 Å².